The zero-order valence-corrected chi connectivity index (χ0v) is 13.5. The number of rotatable bonds is 10. The van der Waals surface area contributed by atoms with Crippen LogP contribution in [0.25, 0.3) is 0 Å². The second-order valence-corrected chi connectivity index (χ2v) is 6.97. The Morgan fingerprint density at radius 3 is 2.71 bits per heavy atom. The fourth-order valence-corrected chi connectivity index (χ4v) is 3.12. The normalized spacial score (nSPS) is 12.8. The standard InChI is InChI=1S/C13H24N2O5S/c1-13(2,6-8-16)15-21(17,18)12-5-4-11(20-12)10-14-7-9-19-3/h4-5,14-16H,6-10H2,1-3H3. The molecule has 0 aliphatic rings. The van der Waals surface area contributed by atoms with Crippen LogP contribution in [0.15, 0.2) is 21.6 Å². The minimum Gasteiger partial charge on any atom is -0.447 e. The van der Waals surface area contributed by atoms with Gasteiger partial charge in [-0.15, -0.1) is 0 Å². The molecule has 0 saturated carbocycles. The number of aliphatic hydroxyl groups excluding tert-OH is 1. The first-order chi connectivity index (χ1) is 9.80. The molecule has 1 heterocycles. The molecular weight excluding hydrogens is 296 g/mol. The minimum atomic E-state index is -3.73. The predicted octanol–water partition coefficient (Wildman–Crippen LogP) is 0.455. The molecule has 0 aliphatic heterocycles. The molecular formula is C13H24N2O5S. The molecule has 1 aromatic rings. The number of hydrogen-bond donors (Lipinski definition) is 3. The SMILES string of the molecule is COCCNCc1ccc(S(=O)(=O)NC(C)(C)CCO)o1. The summed E-state index contributed by atoms with van der Waals surface area (Å²) in [5, 5.41) is 11.9. The summed E-state index contributed by atoms with van der Waals surface area (Å²) in [5.41, 5.74) is -0.739. The van der Waals surface area contributed by atoms with Gasteiger partial charge < -0.3 is 19.6 Å². The third kappa shape index (κ3) is 6.15. The highest BCUT2D eigenvalue weighted by Gasteiger charge is 2.28. The summed E-state index contributed by atoms with van der Waals surface area (Å²) in [6.45, 7) is 4.97. The van der Waals surface area contributed by atoms with Crippen LogP contribution in [0.4, 0.5) is 0 Å². The number of aliphatic hydroxyl groups is 1. The predicted molar refractivity (Wildman–Crippen MR) is 78.4 cm³/mol. The van der Waals surface area contributed by atoms with Crippen LogP contribution in [-0.4, -0.2) is 45.9 Å². The van der Waals surface area contributed by atoms with Gasteiger partial charge in [0.2, 0.25) is 5.09 Å². The van der Waals surface area contributed by atoms with E-state index in [-0.39, 0.29) is 11.7 Å². The van der Waals surface area contributed by atoms with Crippen LogP contribution >= 0.6 is 0 Å². The summed E-state index contributed by atoms with van der Waals surface area (Å²) < 4.78 is 37.1. The maximum Gasteiger partial charge on any atom is 0.274 e. The first kappa shape index (κ1) is 18.1. The monoisotopic (exact) mass is 320 g/mol. The van der Waals surface area contributed by atoms with E-state index < -0.39 is 15.6 Å². The molecule has 21 heavy (non-hydrogen) atoms. The Labute approximate surface area is 125 Å². The van der Waals surface area contributed by atoms with Crippen molar-refractivity contribution in [2.24, 2.45) is 0 Å². The summed E-state index contributed by atoms with van der Waals surface area (Å²) in [5.74, 6) is 0.534. The van der Waals surface area contributed by atoms with Gasteiger partial charge in [0.15, 0.2) is 0 Å². The highest BCUT2D eigenvalue weighted by atomic mass is 32.2. The molecule has 0 unspecified atom stereocenters. The molecule has 7 nitrogen and oxygen atoms in total. The average molecular weight is 320 g/mol. The molecule has 0 radical (unpaired) electrons. The number of methoxy groups -OCH3 is 1. The lowest BCUT2D eigenvalue weighted by molar-refractivity contribution is 0.198. The maximum atomic E-state index is 12.2. The molecule has 0 aliphatic carbocycles. The fraction of sp³-hybridized carbons (Fsp3) is 0.692. The van der Waals surface area contributed by atoms with Crippen LogP contribution in [0.2, 0.25) is 0 Å². The highest BCUT2D eigenvalue weighted by molar-refractivity contribution is 7.89. The van der Waals surface area contributed by atoms with E-state index in [0.717, 1.165) is 0 Å². The van der Waals surface area contributed by atoms with Crippen molar-refractivity contribution in [1.82, 2.24) is 10.0 Å². The molecule has 0 saturated heterocycles. The van der Waals surface area contributed by atoms with E-state index in [9.17, 15) is 8.42 Å². The quantitative estimate of drug-likeness (QED) is 0.541. The van der Waals surface area contributed by atoms with Gasteiger partial charge in [0.05, 0.1) is 13.2 Å². The lowest BCUT2D eigenvalue weighted by Crippen LogP contribution is -2.43. The summed E-state index contributed by atoms with van der Waals surface area (Å²) in [4.78, 5) is 0. The molecule has 8 heteroatoms. The van der Waals surface area contributed by atoms with Crippen molar-refractivity contribution in [2.45, 2.75) is 37.4 Å². The molecule has 1 aromatic heterocycles. The Morgan fingerprint density at radius 1 is 1.38 bits per heavy atom. The first-order valence-electron chi connectivity index (χ1n) is 6.74. The number of sulfonamides is 1. The van der Waals surface area contributed by atoms with Crippen LogP contribution in [0.1, 0.15) is 26.0 Å². The van der Waals surface area contributed by atoms with Gasteiger partial charge in [0.25, 0.3) is 10.0 Å². The van der Waals surface area contributed by atoms with E-state index in [4.69, 9.17) is 14.3 Å². The first-order valence-corrected chi connectivity index (χ1v) is 8.22. The molecule has 0 amide bonds. The van der Waals surface area contributed by atoms with Crippen molar-refractivity contribution >= 4 is 10.0 Å². The fourth-order valence-electron chi connectivity index (χ4n) is 1.73. The van der Waals surface area contributed by atoms with Crippen molar-refractivity contribution in [3.8, 4) is 0 Å². The highest BCUT2D eigenvalue weighted by Crippen LogP contribution is 2.18. The number of hydrogen-bond acceptors (Lipinski definition) is 6. The zero-order valence-electron chi connectivity index (χ0n) is 12.7. The number of furan rings is 1. The van der Waals surface area contributed by atoms with E-state index in [1.165, 1.54) is 6.07 Å². The minimum absolute atomic E-state index is 0.0949. The Hall–Kier alpha value is -0.930. The van der Waals surface area contributed by atoms with Crippen molar-refractivity contribution in [3.05, 3.63) is 17.9 Å². The lowest BCUT2D eigenvalue weighted by Gasteiger charge is -2.24. The van der Waals surface area contributed by atoms with Gasteiger partial charge in [-0.05, 0) is 32.4 Å². The molecule has 0 aromatic carbocycles. The lowest BCUT2D eigenvalue weighted by atomic mass is 10.0. The van der Waals surface area contributed by atoms with E-state index in [2.05, 4.69) is 10.0 Å². The van der Waals surface area contributed by atoms with Crippen LogP contribution in [0, 0.1) is 0 Å². The van der Waals surface area contributed by atoms with Crippen LogP contribution in [-0.2, 0) is 21.3 Å². The molecule has 0 bridgehead atoms. The van der Waals surface area contributed by atoms with Gasteiger partial charge in [-0.25, -0.2) is 13.1 Å². The second-order valence-electron chi connectivity index (χ2n) is 5.35. The third-order valence-electron chi connectivity index (χ3n) is 2.83. The Kier molecular flexibility index (Phi) is 6.82. The second kappa shape index (κ2) is 7.90. The van der Waals surface area contributed by atoms with E-state index in [1.54, 1.807) is 27.0 Å². The molecule has 0 fully saturated rings. The molecule has 0 spiro atoms. The zero-order chi connectivity index (χ0) is 15.9. The van der Waals surface area contributed by atoms with Crippen LogP contribution < -0.4 is 10.0 Å². The number of nitrogens with one attached hydrogen (secondary N) is 2. The number of ether oxygens (including phenoxy) is 1. The summed E-state index contributed by atoms with van der Waals surface area (Å²) in [6.07, 6.45) is 0.318. The molecule has 3 N–H and O–H groups in total. The topological polar surface area (TPSA) is 101 Å². The van der Waals surface area contributed by atoms with Gasteiger partial charge in [0, 0.05) is 25.8 Å². The van der Waals surface area contributed by atoms with Gasteiger partial charge in [-0.2, -0.15) is 0 Å². The molecule has 1 rings (SSSR count). The van der Waals surface area contributed by atoms with Crippen LogP contribution in [0.3, 0.4) is 0 Å². The van der Waals surface area contributed by atoms with Gasteiger partial charge in [-0.1, -0.05) is 0 Å². The molecule has 0 atom stereocenters. The Bertz CT molecular complexity index is 524. The smallest absolute Gasteiger partial charge is 0.274 e. The summed E-state index contributed by atoms with van der Waals surface area (Å²) in [6, 6.07) is 3.04. The van der Waals surface area contributed by atoms with E-state index in [1.807, 2.05) is 0 Å². The van der Waals surface area contributed by atoms with Crippen LogP contribution in [0.5, 0.6) is 0 Å². The largest absolute Gasteiger partial charge is 0.447 e. The third-order valence-corrected chi connectivity index (χ3v) is 4.40. The van der Waals surface area contributed by atoms with Gasteiger partial charge >= 0.3 is 0 Å². The Balaban J connectivity index is 2.66. The average Bonchev–Trinajstić information content (AvgIpc) is 2.82. The van der Waals surface area contributed by atoms with Crippen molar-refractivity contribution in [1.29, 1.82) is 0 Å². The Morgan fingerprint density at radius 2 is 2.10 bits per heavy atom. The van der Waals surface area contributed by atoms with Crippen molar-refractivity contribution in [3.63, 3.8) is 0 Å². The molecule has 122 valence electrons. The summed E-state index contributed by atoms with van der Waals surface area (Å²) >= 11 is 0. The maximum absolute atomic E-state index is 12.2. The van der Waals surface area contributed by atoms with Gasteiger partial charge in [-0.3, -0.25) is 0 Å². The van der Waals surface area contributed by atoms with Gasteiger partial charge in [0.1, 0.15) is 5.76 Å². The van der Waals surface area contributed by atoms with Crippen molar-refractivity contribution in [2.75, 3.05) is 26.9 Å². The summed E-state index contributed by atoms with van der Waals surface area (Å²) in [7, 11) is -2.12. The van der Waals surface area contributed by atoms with Crippen molar-refractivity contribution < 1.29 is 22.7 Å². The van der Waals surface area contributed by atoms with E-state index >= 15 is 0 Å². The van der Waals surface area contributed by atoms with E-state index in [0.29, 0.717) is 31.9 Å².